The lowest BCUT2D eigenvalue weighted by Gasteiger charge is -2.13. The third kappa shape index (κ3) is 3.95. The van der Waals surface area contributed by atoms with Crippen molar-refractivity contribution < 1.29 is 22.7 Å². The molecule has 2 rings (SSSR count). The molecule has 1 saturated carbocycles. The number of hydrogen-bond donors (Lipinski definition) is 1. The molecule has 0 bridgehead atoms. The Bertz CT molecular complexity index is 635. The summed E-state index contributed by atoms with van der Waals surface area (Å²) in [6, 6.07) is 4.21. The van der Waals surface area contributed by atoms with Gasteiger partial charge in [-0.25, -0.2) is 17.9 Å². The normalized spacial score (nSPS) is 15.0. The molecule has 1 fully saturated rings. The van der Waals surface area contributed by atoms with Crippen LogP contribution in [0.2, 0.25) is 0 Å². The molecule has 1 aliphatic rings. The van der Waals surface area contributed by atoms with Gasteiger partial charge in [-0.05, 0) is 44.9 Å². The average molecular weight is 313 g/mol. The number of nitrogens with one attached hydrogen (secondary N) is 1. The van der Waals surface area contributed by atoms with Gasteiger partial charge in [0.05, 0.1) is 18.8 Å². The first-order valence-corrected chi connectivity index (χ1v) is 8.23. The lowest BCUT2D eigenvalue weighted by molar-refractivity contribution is 0.0377. The van der Waals surface area contributed by atoms with Crippen molar-refractivity contribution in [1.82, 2.24) is 4.72 Å². The van der Waals surface area contributed by atoms with Crippen LogP contribution in [-0.2, 0) is 14.8 Å². The van der Waals surface area contributed by atoms with Gasteiger partial charge in [0, 0.05) is 6.04 Å². The van der Waals surface area contributed by atoms with Crippen molar-refractivity contribution in [2.24, 2.45) is 0 Å². The minimum absolute atomic E-state index is 0.0222. The van der Waals surface area contributed by atoms with E-state index in [0.717, 1.165) is 12.8 Å². The summed E-state index contributed by atoms with van der Waals surface area (Å²) in [6.45, 7) is 3.46. The topological polar surface area (TPSA) is 81.7 Å². The van der Waals surface area contributed by atoms with E-state index >= 15 is 0 Å². The molecule has 0 spiro atoms. The number of carbonyl (C=O) groups excluding carboxylic acids is 1. The van der Waals surface area contributed by atoms with E-state index in [9.17, 15) is 13.2 Å². The number of hydrogen-bond acceptors (Lipinski definition) is 5. The summed E-state index contributed by atoms with van der Waals surface area (Å²) >= 11 is 0. The van der Waals surface area contributed by atoms with Gasteiger partial charge in [0.25, 0.3) is 0 Å². The molecule has 6 nitrogen and oxygen atoms in total. The zero-order chi connectivity index (χ0) is 15.6. The molecule has 1 aliphatic carbocycles. The number of ether oxygens (including phenoxy) is 2. The Hall–Kier alpha value is -1.60. The zero-order valence-electron chi connectivity index (χ0n) is 12.3. The van der Waals surface area contributed by atoms with Crippen molar-refractivity contribution in [2.75, 3.05) is 7.11 Å². The van der Waals surface area contributed by atoms with Crippen LogP contribution in [-0.4, -0.2) is 33.6 Å². The minimum atomic E-state index is -3.71. The highest BCUT2D eigenvalue weighted by molar-refractivity contribution is 7.89. The fourth-order valence-electron chi connectivity index (χ4n) is 1.78. The van der Waals surface area contributed by atoms with Crippen LogP contribution in [0.5, 0.6) is 5.75 Å². The summed E-state index contributed by atoms with van der Waals surface area (Å²) in [5.74, 6) is -0.361. The molecule has 0 amide bonds. The van der Waals surface area contributed by atoms with Gasteiger partial charge < -0.3 is 9.47 Å². The molecule has 116 valence electrons. The highest BCUT2D eigenvalue weighted by atomic mass is 32.2. The first-order valence-electron chi connectivity index (χ1n) is 6.75. The number of rotatable bonds is 6. The molecule has 1 N–H and O–H groups in total. The van der Waals surface area contributed by atoms with E-state index in [2.05, 4.69) is 4.72 Å². The number of benzene rings is 1. The number of sulfonamides is 1. The van der Waals surface area contributed by atoms with E-state index in [0.29, 0.717) is 0 Å². The van der Waals surface area contributed by atoms with Gasteiger partial charge in [-0.15, -0.1) is 0 Å². The summed E-state index contributed by atoms with van der Waals surface area (Å²) in [7, 11) is -2.32. The lowest BCUT2D eigenvalue weighted by atomic mass is 10.2. The summed E-state index contributed by atoms with van der Waals surface area (Å²) in [5, 5.41) is 0. The molecule has 21 heavy (non-hydrogen) atoms. The molecule has 0 heterocycles. The Balaban J connectivity index is 2.35. The third-order valence-corrected chi connectivity index (χ3v) is 4.47. The van der Waals surface area contributed by atoms with Crippen molar-refractivity contribution in [2.45, 2.75) is 43.7 Å². The summed E-state index contributed by atoms with van der Waals surface area (Å²) in [6.07, 6.45) is 1.39. The molecule has 1 aromatic rings. The maximum absolute atomic E-state index is 12.3. The smallest absolute Gasteiger partial charge is 0.338 e. The molecule has 1 aromatic carbocycles. The summed E-state index contributed by atoms with van der Waals surface area (Å²) in [5.41, 5.74) is 0.181. The van der Waals surface area contributed by atoms with Gasteiger partial charge >= 0.3 is 5.97 Å². The highest BCUT2D eigenvalue weighted by Gasteiger charge is 2.30. The van der Waals surface area contributed by atoms with E-state index in [-0.39, 0.29) is 28.4 Å². The van der Waals surface area contributed by atoms with Crippen LogP contribution < -0.4 is 9.46 Å². The highest BCUT2D eigenvalue weighted by Crippen LogP contribution is 2.28. The standard InChI is InChI=1S/C14H19NO5S/c1-9(2)20-14(16)10-4-7-12(19-3)13(8-10)21(17,18)15-11-5-6-11/h4,7-9,11,15H,5-6H2,1-3H3. The summed E-state index contributed by atoms with van der Waals surface area (Å²) in [4.78, 5) is 11.8. The maximum Gasteiger partial charge on any atom is 0.338 e. The Morgan fingerprint density at radius 3 is 2.52 bits per heavy atom. The Kier molecular flexibility index (Phi) is 4.53. The second-order valence-electron chi connectivity index (χ2n) is 5.22. The molecule has 0 saturated heterocycles. The van der Waals surface area contributed by atoms with E-state index in [4.69, 9.17) is 9.47 Å². The van der Waals surface area contributed by atoms with E-state index < -0.39 is 16.0 Å². The van der Waals surface area contributed by atoms with Gasteiger partial charge in [0.15, 0.2) is 0 Å². The lowest BCUT2D eigenvalue weighted by Crippen LogP contribution is -2.26. The molecular formula is C14H19NO5S. The van der Waals surface area contributed by atoms with E-state index in [1.165, 1.54) is 25.3 Å². The van der Waals surface area contributed by atoms with Crippen LogP contribution in [0, 0.1) is 0 Å². The predicted molar refractivity (Wildman–Crippen MR) is 76.9 cm³/mol. The molecule has 0 radical (unpaired) electrons. The molecule has 7 heteroatoms. The van der Waals surface area contributed by atoms with Crippen molar-refractivity contribution in [1.29, 1.82) is 0 Å². The first-order chi connectivity index (χ1) is 9.83. The van der Waals surface area contributed by atoms with Gasteiger partial charge in [-0.3, -0.25) is 0 Å². The van der Waals surface area contributed by atoms with Gasteiger partial charge in [0.1, 0.15) is 10.6 Å². The predicted octanol–water partition coefficient (Wildman–Crippen LogP) is 1.70. The molecule has 0 atom stereocenters. The van der Waals surface area contributed by atoms with Crippen LogP contribution in [0.15, 0.2) is 23.1 Å². The number of carbonyl (C=O) groups is 1. The molecule has 0 aromatic heterocycles. The Morgan fingerprint density at radius 1 is 1.33 bits per heavy atom. The molecule has 0 unspecified atom stereocenters. The Morgan fingerprint density at radius 2 is 2.00 bits per heavy atom. The van der Waals surface area contributed by atoms with Crippen molar-refractivity contribution in [3.05, 3.63) is 23.8 Å². The Labute approximate surface area is 124 Å². The maximum atomic E-state index is 12.3. The van der Waals surface area contributed by atoms with E-state index in [1.54, 1.807) is 13.8 Å². The SMILES string of the molecule is COc1ccc(C(=O)OC(C)C)cc1S(=O)(=O)NC1CC1. The fourth-order valence-corrected chi connectivity index (χ4v) is 3.28. The van der Waals surface area contributed by atoms with Crippen LogP contribution in [0.3, 0.4) is 0 Å². The van der Waals surface area contributed by atoms with Gasteiger partial charge in [0.2, 0.25) is 10.0 Å². The second kappa shape index (κ2) is 6.03. The van der Waals surface area contributed by atoms with E-state index in [1.807, 2.05) is 0 Å². The molecule has 0 aliphatic heterocycles. The van der Waals surface area contributed by atoms with Crippen LogP contribution >= 0.6 is 0 Å². The number of methoxy groups -OCH3 is 1. The van der Waals surface area contributed by atoms with Gasteiger partial charge in [-0.2, -0.15) is 0 Å². The second-order valence-corrected chi connectivity index (χ2v) is 6.90. The fraction of sp³-hybridized carbons (Fsp3) is 0.500. The third-order valence-electron chi connectivity index (χ3n) is 2.93. The average Bonchev–Trinajstić information content (AvgIpc) is 3.20. The van der Waals surface area contributed by atoms with Crippen molar-refractivity contribution in [3.63, 3.8) is 0 Å². The van der Waals surface area contributed by atoms with Crippen molar-refractivity contribution in [3.8, 4) is 5.75 Å². The number of esters is 1. The van der Waals surface area contributed by atoms with Gasteiger partial charge in [-0.1, -0.05) is 0 Å². The zero-order valence-corrected chi connectivity index (χ0v) is 13.1. The largest absolute Gasteiger partial charge is 0.495 e. The van der Waals surface area contributed by atoms with Crippen molar-refractivity contribution >= 4 is 16.0 Å². The monoisotopic (exact) mass is 313 g/mol. The molecular weight excluding hydrogens is 294 g/mol. The summed E-state index contributed by atoms with van der Waals surface area (Å²) < 4.78 is 37.4. The quantitative estimate of drug-likeness (QED) is 0.808. The van der Waals surface area contributed by atoms with Crippen LogP contribution in [0.25, 0.3) is 0 Å². The minimum Gasteiger partial charge on any atom is -0.495 e. The van der Waals surface area contributed by atoms with Crippen LogP contribution in [0.4, 0.5) is 0 Å². The first kappa shape index (κ1) is 15.8. The van der Waals surface area contributed by atoms with Crippen LogP contribution in [0.1, 0.15) is 37.0 Å².